The van der Waals surface area contributed by atoms with Gasteiger partial charge in [-0.15, -0.1) is 0 Å². The van der Waals surface area contributed by atoms with Crippen molar-refractivity contribution in [1.29, 1.82) is 0 Å². The molecule has 0 spiro atoms. The quantitative estimate of drug-likeness (QED) is 0.181. The van der Waals surface area contributed by atoms with E-state index in [-0.39, 0.29) is 17.6 Å². The van der Waals surface area contributed by atoms with Gasteiger partial charge in [-0.25, -0.2) is 0 Å². The number of nitro benzene ring substituents is 1. The number of rotatable bonds is 10. The number of nitrogens with one attached hydrogen (secondary N) is 2. The standard InChI is InChI=1S/C32H33F3N4O4/c33-32(34,35)21-36-30(41)31(27-9-3-1-7-25(27)26-8-2-4-10-28(26)31)17-5-6-18-38-19-15-23(16-20-38)37-29(40)22-11-13-24(14-12-22)39(42)43/h1-4,7-14,23H,5-6,15-21H2,(H,36,41)(H,37,40). The number of hydrogen-bond donors (Lipinski definition) is 2. The van der Waals surface area contributed by atoms with Gasteiger partial charge in [0.15, 0.2) is 0 Å². The minimum Gasteiger partial charge on any atom is -0.349 e. The van der Waals surface area contributed by atoms with E-state index >= 15 is 0 Å². The van der Waals surface area contributed by atoms with Gasteiger partial charge in [0, 0.05) is 36.8 Å². The molecule has 226 valence electrons. The summed E-state index contributed by atoms with van der Waals surface area (Å²) in [7, 11) is 0. The van der Waals surface area contributed by atoms with Crippen LogP contribution < -0.4 is 10.6 Å². The topological polar surface area (TPSA) is 105 Å². The number of non-ortho nitro benzene ring substituents is 1. The number of unbranched alkanes of at least 4 members (excludes halogenated alkanes) is 1. The number of likely N-dealkylation sites (tertiary alicyclic amines) is 1. The molecule has 5 rings (SSSR count). The molecule has 0 atom stereocenters. The molecular weight excluding hydrogens is 561 g/mol. The van der Waals surface area contributed by atoms with Crippen LogP contribution >= 0.6 is 0 Å². The first-order chi connectivity index (χ1) is 20.6. The number of carbonyl (C=O) groups excluding carboxylic acids is 2. The summed E-state index contributed by atoms with van der Waals surface area (Å²) < 4.78 is 39.3. The molecule has 1 aliphatic heterocycles. The van der Waals surface area contributed by atoms with E-state index in [1.807, 2.05) is 48.5 Å². The Bertz CT molecular complexity index is 1440. The van der Waals surface area contributed by atoms with Gasteiger partial charge in [0.25, 0.3) is 11.6 Å². The fourth-order valence-electron chi connectivity index (χ4n) is 6.31. The molecule has 1 fully saturated rings. The number of piperidine rings is 1. The SMILES string of the molecule is O=C(NC1CCN(CCCCC2(C(=O)NCC(F)(F)F)c3ccccc3-c3ccccc32)CC1)c1ccc([N+](=O)[O-])cc1. The molecule has 2 N–H and O–H groups in total. The molecule has 0 radical (unpaired) electrons. The maximum atomic E-state index is 13.6. The first kappa shape index (κ1) is 30.2. The molecule has 0 saturated carbocycles. The van der Waals surface area contributed by atoms with E-state index in [1.165, 1.54) is 24.3 Å². The molecule has 1 heterocycles. The lowest BCUT2D eigenvalue weighted by Gasteiger charge is -2.33. The third-order valence-corrected chi connectivity index (χ3v) is 8.44. The largest absolute Gasteiger partial charge is 0.405 e. The van der Waals surface area contributed by atoms with Gasteiger partial charge in [0.2, 0.25) is 5.91 Å². The van der Waals surface area contributed by atoms with Crippen molar-refractivity contribution >= 4 is 17.5 Å². The van der Waals surface area contributed by atoms with Crippen molar-refractivity contribution in [1.82, 2.24) is 15.5 Å². The minimum absolute atomic E-state index is 0.00830. The highest BCUT2D eigenvalue weighted by Crippen LogP contribution is 2.51. The van der Waals surface area contributed by atoms with E-state index in [0.29, 0.717) is 18.4 Å². The van der Waals surface area contributed by atoms with Gasteiger partial charge >= 0.3 is 6.18 Å². The van der Waals surface area contributed by atoms with Gasteiger partial charge in [-0.05, 0) is 66.6 Å². The summed E-state index contributed by atoms with van der Waals surface area (Å²) in [6.45, 7) is 0.933. The van der Waals surface area contributed by atoms with E-state index in [0.717, 1.165) is 61.2 Å². The van der Waals surface area contributed by atoms with Crippen LogP contribution in [0.4, 0.5) is 18.9 Å². The Kier molecular flexibility index (Phi) is 8.82. The zero-order valence-electron chi connectivity index (χ0n) is 23.5. The first-order valence-electron chi connectivity index (χ1n) is 14.4. The highest BCUT2D eigenvalue weighted by molar-refractivity contribution is 6.00. The van der Waals surface area contributed by atoms with E-state index in [2.05, 4.69) is 15.5 Å². The summed E-state index contributed by atoms with van der Waals surface area (Å²) >= 11 is 0. The van der Waals surface area contributed by atoms with Crippen molar-refractivity contribution in [2.45, 2.75) is 49.7 Å². The van der Waals surface area contributed by atoms with Crippen LogP contribution in [0, 0.1) is 10.1 Å². The van der Waals surface area contributed by atoms with Crippen LogP contribution in [-0.2, 0) is 10.2 Å². The molecule has 11 heteroatoms. The third-order valence-electron chi connectivity index (χ3n) is 8.44. The minimum atomic E-state index is -4.51. The van der Waals surface area contributed by atoms with Gasteiger partial charge in [-0.3, -0.25) is 19.7 Å². The number of alkyl halides is 3. The molecule has 3 aromatic rings. The number of nitro groups is 1. The van der Waals surface area contributed by atoms with Crippen LogP contribution in [0.5, 0.6) is 0 Å². The number of fused-ring (bicyclic) bond motifs is 3. The van der Waals surface area contributed by atoms with Gasteiger partial charge in [-0.2, -0.15) is 13.2 Å². The molecule has 8 nitrogen and oxygen atoms in total. The summed E-state index contributed by atoms with van der Waals surface area (Å²) in [5.74, 6) is -0.897. The normalized spacial score (nSPS) is 16.3. The van der Waals surface area contributed by atoms with Crippen molar-refractivity contribution < 1.29 is 27.7 Å². The van der Waals surface area contributed by atoms with Gasteiger partial charge in [-0.1, -0.05) is 55.0 Å². The molecule has 0 bridgehead atoms. The number of carbonyl (C=O) groups is 2. The van der Waals surface area contributed by atoms with E-state index in [1.54, 1.807) is 0 Å². The Morgan fingerprint density at radius 3 is 2.05 bits per heavy atom. The number of benzene rings is 3. The lowest BCUT2D eigenvalue weighted by molar-refractivity contribution is -0.384. The molecule has 0 unspecified atom stereocenters. The Morgan fingerprint density at radius 2 is 1.49 bits per heavy atom. The van der Waals surface area contributed by atoms with Crippen LogP contribution in [0.15, 0.2) is 72.8 Å². The second-order valence-corrected chi connectivity index (χ2v) is 11.1. The second kappa shape index (κ2) is 12.5. The van der Waals surface area contributed by atoms with Gasteiger partial charge in [0.05, 0.1) is 4.92 Å². The Hall–Kier alpha value is -4.25. The highest BCUT2D eigenvalue weighted by Gasteiger charge is 2.49. The average molecular weight is 595 g/mol. The summed E-state index contributed by atoms with van der Waals surface area (Å²) in [5.41, 5.74) is 2.32. The molecule has 0 aromatic heterocycles. The molecule has 1 saturated heterocycles. The third kappa shape index (κ3) is 6.56. The fourth-order valence-corrected chi connectivity index (χ4v) is 6.31. The van der Waals surface area contributed by atoms with Crippen molar-refractivity contribution in [3.63, 3.8) is 0 Å². The highest BCUT2D eigenvalue weighted by atomic mass is 19.4. The van der Waals surface area contributed by atoms with Gasteiger partial charge < -0.3 is 15.5 Å². The zero-order chi connectivity index (χ0) is 30.6. The molecule has 43 heavy (non-hydrogen) atoms. The number of halogens is 3. The summed E-state index contributed by atoms with van der Waals surface area (Å²) in [5, 5.41) is 16.0. The molecule has 2 aliphatic rings. The summed E-state index contributed by atoms with van der Waals surface area (Å²) in [6.07, 6.45) is -1.22. The number of hydrogen-bond acceptors (Lipinski definition) is 5. The number of amides is 2. The summed E-state index contributed by atoms with van der Waals surface area (Å²) in [6, 6.07) is 20.4. The van der Waals surface area contributed by atoms with Crippen LogP contribution in [0.2, 0.25) is 0 Å². The van der Waals surface area contributed by atoms with Crippen LogP contribution in [0.25, 0.3) is 11.1 Å². The Morgan fingerprint density at radius 1 is 0.907 bits per heavy atom. The van der Waals surface area contributed by atoms with Gasteiger partial charge in [0.1, 0.15) is 12.0 Å². The van der Waals surface area contributed by atoms with Crippen LogP contribution in [0.1, 0.15) is 53.6 Å². The predicted molar refractivity (Wildman–Crippen MR) is 156 cm³/mol. The van der Waals surface area contributed by atoms with E-state index in [4.69, 9.17) is 0 Å². The molecular formula is C32H33F3N4O4. The molecule has 2 amide bonds. The monoisotopic (exact) mass is 594 g/mol. The predicted octanol–water partition coefficient (Wildman–Crippen LogP) is 5.60. The Balaban J connectivity index is 1.18. The van der Waals surface area contributed by atoms with Crippen molar-refractivity contribution in [3.8, 4) is 11.1 Å². The van der Waals surface area contributed by atoms with E-state index < -0.39 is 29.0 Å². The fraction of sp³-hybridized carbons (Fsp3) is 0.375. The summed E-state index contributed by atoms with van der Waals surface area (Å²) in [4.78, 5) is 38.8. The maximum absolute atomic E-state index is 13.6. The smallest absolute Gasteiger partial charge is 0.349 e. The maximum Gasteiger partial charge on any atom is 0.405 e. The van der Waals surface area contributed by atoms with Crippen molar-refractivity contribution in [2.24, 2.45) is 0 Å². The molecule has 3 aromatic carbocycles. The lowest BCUT2D eigenvalue weighted by atomic mass is 9.73. The van der Waals surface area contributed by atoms with Crippen molar-refractivity contribution in [2.75, 3.05) is 26.2 Å². The van der Waals surface area contributed by atoms with E-state index in [9.17, 15) is 32.9 Å². The van der Waals surface area contributed by atoms with Crippen molar-refractivity contribution in [3.05, 3.63) is 99.6 Å². The van der Waals surface area contributed by atoms with Crippen LogP contribution in [0.3, 0.4) is 0 Å². The zero-order valence-corrected chi connectivity index (χ0v) is 23.5. The van der Waals surface area contributed by atoms with Crippen LogP contribution in [-0.4, -0.2) is 60.0 Å². The second-order valence-electron chi connectivity index (χ2n) is 11.1. The molecule has 1 aliphatic carbocycles. The first-order valence-corrected chi connectivity index (χ1v) is 14.4. The average Bonchev–Trinajstić information content (AvgIpc) is 3.29. The number of nitrogens with zero attached hydrogens (tertiary/aromatic N) is 2. The lowest BCUT2D eigenvalue weighted by Crippen LogP contribution is -2.47. The Labute approximate surface area is 247 Å².